The van der Waals surface area contributed by atoms with Crippen LogP contribution < -0.4 is 16.2 Å². The molecule has 3 spiro atoms. The Morgan fingerprint density at radius 3 is 2.73 bits per heavy atom. The van der Waals surface area contributed by atoms with Crippen molar-refractivity contribution in [3.05, 3.63) is 35.4 Å². The van der Waals surface area contributed by atoms with Crippen LogP contribution >= 0.6 is 0 Å². The van der Waals surface area contributed by atoms with E-state index in [0.29, 0.717) is 12.0 Å². The minimum absolute atomic E-state index is 0.00198. The summed E-state index contributed by atoms with van der Waals surface area (Å²) < 4.78 is 0. The lowest BCUT2D eigenvalue weighted by atomic mass is 9.58. The molecule has 5 aliphatic rings. The molecule has 4 N–H and O–H groups in total. The van der Waals surface area contributed by atoms with Gasteiger partial charge in [0, 0.05) is 23.8 Å². The number of carbonyl (C=O) groups excluding carboxylic acids is 1. The van der Waals surface area contributed by atoms with Crippen LogP contribution in [-0.4, -0.2) is 45.9 Å². The number of nitrogens with zero attached hydrogens (tertiary/aromatic N) is 1. The van der Waals surface area contributed by atoms with Crippen LogP contribution in [0.15, 0.2) is 24.3 Å². The van der Waals surface area contributed by atoms with Crippen LogP contribution in [0.4, 0.5) is 0 Å². The van der Waals surface area contributed by atoms with E-state index in [9.17, 15) is 9.90 Å². The fourth-order valence-electron chi connectivity index (χ4n) is 7.98. The molecule has 1 aromatic rings. The van der Waals surface area contributed by atoms with Gasteiger partial charge in [-0.15, -0.1) is 0 Å². The number of hydrogen-bond acceptors (Lipinski definition) is 5. The van der Waals surface area contributed by atoms with Crippen molar-refractivity contribution in [2.45, 2.75) is 62.4 Å². The van der Waals surface area contributed by atoms with Gasteiger partial charge in [0.15, 0.2) is 0 Å². The Balaban J connectivity index is 1.69. The Labute approximate surface area is 153 Å². The molecule has 3 aliphatic heterocycles. The lowest BCUT2D eigenvalue weighted by Crippen LogP contribution is -3.03. The summed E-state index contributed by atoms with van der Waals surface area (Å²) in [4.78, 5) is 14.8. The van der Waals surface area contributed by atoms with Crippen molar-refractivity contribution in [1.82, 2.24) is 21.1 Å². The van der Waals surface area contributed by atoms with Gasteiger partial charge in [0.2, 0.25) is 5.91 Å². The standard InChI is InChI=1S/C20H26N4O2/c1-11-17(3)16-8-13-6-4-5-7-15(13)18(16)9-14(10-25)24(12(2)26)20(18)19(17,21-11)22-23-20/h4-7,11,14,16,21-23,25H,8-10H2,1-3H3/t11?,14-,16?,17?,18-,19?,20?/m0/s1. The molecule has 6 rings (SSSR count). The zero-order chi connectivity index (χ0) is 18.1. The summed E-state index contributed by atoms with van der Waals surface area (Å²) in [5.41, 5.74) is 8.78. The molecule has 0 bridgehead atoms. The predicted octanol–water partition coefficient (Wildman–Crippen LogP) is 0.222. The first-order valence-corrected chi connectivity index (χ1v) is 9.72. The third kappa shape index (κ3) is 1.10. The number of amides is 1. The maximum absolute atomic E-state index is 12.8. The topological polar surface area (TPSA) is 76.6 Å². The van der Waals surface area contributed by atoms with Crippen LogP contribution in [0.2, 0.25) is 0 Å². The maximum Gasteiger partial charge on any atom is 0.221 e. The first-order chi connectivity index (χ1) is 12.4. The summed E-state index contributed by atoms with van der Waals surface area (Å²) in [5.74, 6) is 0.451. The molecule has 7 atom stereocenters. The molecule has 1 amide bonds. The number of carbonyl (C=O) groups is 1. The molecule has 0 radical (unpaired) electrons. The largest absolute Gasteiger partial charge is 0.394 e. The monoisotopic (exact) mass is 354 g/mol. The Kier molecular flexibility index (Phi) is 2.50. The highest BCUT2D eigenvalue weighted by Crippen LogP contribution is 2.79. The zero-order valence-electron chi connectivity index (χ0n) is 15.5. The van der Waals surface area contributed by atoms with Crippen molar-refractivity contribution in [3.63, 3.8) is 0 Å². The summed E-state index contributed by atoms with van der Waals surface area (Å²) in [5, 5.41) is 13.9. The van der Waals surface area contributed by atoms with Gasteiger partial charge in [-0.2, -0.15) is 0 Å². The summed E-state index contributed by atoms with van der Waals surface area (Å²) >= 11 is 0. The fourth-order valence-corrected chi connectivity index (χ4v) is 7.98. The van der Waals surface area contributed by atoms with Crippen LogP contribution in [0.3, 0.4) is 0 Å². The molecule has 6 heteroatoms. The molecule has 6 nitrogen and oxygen atoms in total. The van der Waals surface area contributed by atoms with Crippen LogP contribution in [0.1, 0.15) is 38.3 Å². The van der Waals surface area contributed by atoms with Gasteiger partial charge in [-0.3, -0.25) is 10.1 Å². The first-order valence-electron chi connectivity index (χ1n) is 9.72. The number of fused-ring (bicyclic) bond motifs is 2. The van der Waals surface area contributed by atoms with Gasteiger partial charge >= 0.3 is 0 Å². The van der Waals surface area contributed by atoms with E-state index in [1.807, 2.05) is 4.90 Å². The summed E-state index contributed by atoms with van der Waals surface area (Å²) in [6.45, 7) is 6.28. The summed E-state index contributed by atoms with van der Waals surface area (Å²) in [7, 11) is 0. The van der Waals surface area contributed by atoms with Gasteiger partial charge in [-0.05, 0) is 36.8 Å². The van der Waals surface area contributed by atoms with Crippen molar-refractivity contribution in [1.29, 1.82) is 0 Å². The normalized spacial score (nSPS) is 52.3. The summed E-state index contributed by atoms with van der Waals surface area (Å²) in [6.07, 6.45) is 1.85. The predicted molar refractivity (Wildman–Crippen MR) is 95.8 cm³/mol. The molecule has 26 heavy (non-hydrogen) atoms. The second kappa shape index (κ2) is 4.17. The molecule has 2 aliphatic carbocycles. The van der Waals surface area contributed by atoms with E-state index in [4.69, 9.17) is 0 Å². The Bertz CT molecular complexity index is 860. The molecule has 5 unspecified atom stereocenters. The van der Waals surface area contributed by atoms with Crippen molar-refractivity contribution in [2.24, 2.45) is 11.3 Å². The minimum Gasteiger partial charge on any atom is -0.394 e. The van der Waals surface area contributed by atoms with Gasteiger partial charge in [0.25, 0.3) is 0 Å². The smallest absolute Gasteiger partial charge is 0.221 e. The van der Waals surface area contributed by atoms with E-state index in [0.717, 1.165) is 12.8 Å². The van der Waals surface area contributed by atoms with Gasteiger partial charge in [0.1, 0.15) is 11.3 Å². The summed E-state index contributed by atoms with van der Waals surface area (Å²) in [6, 6.07) is 8.95. The third-order valence-corrected chi connectivity index (χ3v) is 8.83. The Morgan fingerprint density at radius 1 is 1.35 bits per heavy atom. The quantitative estimate of drug-likeness (QED) is 0.581. The van der Waals surface area contributed by atoms with E-state index in [2.05, 4.69) is 54.3 Å². The Hall–Kier alpha value is -1.47. The number of benzene rings is 1. The molecule has 1 saturated carbocycles. The van der Waals surface area contributed by atoms with Crippen molar-refractivity contribution >= 4 is 5.91 Å². The Morgan fingerprint density at radius 2 is 2.12 bits per heavy atom. The molecule has 4 fully saturated rings. The van der Waals surface area contributed by atoms with E-state index < -0.39 is 5.66 Å². The second-order valence-electron chi connectivity index (χ2n) is 9.17. The van der Waals surface area contributed by atoms with Crippen LogP contribution in [0.25, 0.3) is 0 Å². The molecular weight excluding hydrogens is 328 g/mol. The minimum atomic E-state index is -0.530. The number of hydrogen-bond donors (Lipinski definition) is 4. The molecule has 3 heterocycles. The number of hydrazine groups is 1. The average molecular weight is 354 g/mol. The molecule has 0 aromatic heterocycles. The van der Waals surface area contributed by atoms with Crippen LogP contribution in [0.5, 0.6) is 0 Å². The maximum atomic E-state index is 12.8. The first kappa shape index (κ1) is 15.6. The highest BCUT2D eigenvalue weighted by molar-refractivity contribution is 5.78. The highest BCUT2D eigenvalue weighted by atomic mass is 16.3. The number of aliphatic hydroxyl groups is 1. The number of likely N-dealkylation sites (tertiary alicyclic amines) is 1. The average Bonchev–Trinajstić information content (AvgIpc) is 3.15. The van der Waals surface area contributed by atoms with Crippen LogP contribution in [0, 0.1) is 11.3 Å². The number of aliphatic hydroxyl groups excluding tert-OH is 1. The number of nitrogens with one attached hydrogen (secondary N) is 3. The highest BCUT2D eigenvalue weighted by Gasteiger charge is 2.95. The van der Waals surface area contributed by atoms with Crippen molar-refractivity contribution in [3.8, 4) is 0 Å². The third-order valence-electron chi connectivity index (χ3n) is 8.83. The van der Waals surface area contributed by atoms with E-state index in [1.54, 1.807) is 6.92 Å². The van der Waals surface area contributed by atoms with Gasteiger partial charge < -0.3 is 10.0 Å². The van der Waals surface area contributed by atoms with Crippen LogP contribution in [-0.2, 0) is 16.6 Å². The van der Waals surface area contributed by atoms with E-state index >= 15 is 0 Å². The van der Waals surface area contributed by atoms with Gasteiger partial charge in [-0.1, -0.05) is 31.2 Å². The molecular formula is C20H26N4O2. The van der Waals surface area contributed by atoms with Gasteiger partial charge in [-0.25, -0.2) is 10.9 Å². The molecule has 1 aromatic carbocycles. The second-order valence-corrected chi connectivity index (χ2v) is 9.17. The molecule has 3 saturated heterocycles. The fraction of sp³-hybridized carbons (Fsp3) is 0.650. The van der Waals surface area contributed by atoms with E-state index in [1.165, 1.54) is 11.1 Å². The van der Waals surface area contributed by atoms with Crippen molar-refractivity contribution in [2.75, 3.05) is 6.61 Å². The van der Waals surface area contributed by atoms with Crippen molar-refractivity contribution < 1.29 is 9.90 Å². The lowest BCUT2D eigenvalue weighted by Gasteiger charge is -2.73. The zero-order valence-corrected chi connectivity index (χ0v) is 15.5. The number of rotatable bonds is 1. The lowest BCUT2D eigenvalue weighted by molar-refractivity contribution is -0.231. The SMILES string of the molecule is CC(=O)N1[C@H](CO)C[C@]23c4ccccc4CC2C2(C)C(C)NC24NNC143. The van der Waals surface area contributed by atoms with Gasteiger partial charge in [0.05, 0.1) is 12.6 Å². The molecule has 138 valence electrons. The van der Waals surface area contributed by atoms with E-state index in [-0.39, 0.29) is 35.0 Å².